The number of methoxy groups -OCH3 is 1. The molecule has 0 bridgehead atoms. The van der Waals surface area contributed by atoms with Crippen LogP contribution in [0.1, 0.15) is 34.1 Å². The van der Waals surface area contributed by atoms with E-state index in [-0.39, 0.29) is 0 Å². The smallest absolute Gasteiger partial charge is 0.125 e. The summed E-state index contributed by atoms with van der Waals surface area (Å²) in [6.45, 7) is 5.94. The summed E-state index contributed by atoms with van der Waals surface area (Å²) in [7, 11) is 1.62. The lowest BCUT2D eigenvalue weighted by Crippen LogP contribution is -2.08. The molecular formula is C16H19NO2. The topological polar surface area (TPSA) is 42.4 Å². The molecule has 1 aromatic heterocycles. The van der Waals surface area contributed by atoms with Crippen LogP contribution in [-0.4, -0.2) is 17.2 Å². The second kappa shape index (κ2) is 5.41. The van der Waals surface area contributed by atoms with Crippen LogP contribution in [0.4, 0.5) is 0 Å². The average molecular weight is 257 g/mol. The van der Waals surface area contributed by atoms with Crippen LogP contribution in [0.2, 0.25) is 0 Å². The Hall–Kier alpha value is -1.87. The monoisotopic (exact) mass is 257 g/mol. The predicted octanol–water partition coefficient (Wildman–Crippen LogP) is 3.10. The van der Waals surface area contributed by atoms with E-state index in [2.05, 4.69) is 4.98 Å². The van der Waals surface area contributed by atoms with E-state index in [0.717, 1.165) is 22.3 Å². The van der Waals surface area contributed by atoms with Gasteiger partial charge in [-0.1, -0.05) is 12.1 Å². The third-order valence-electron chi connectivity index (χ3n) is 3.30. The van der Waals surface area contributed by atoms with Gasteiger partial charge >= 0.3 is 0 Å². The summed E-state index contributed by atoms with van der Waals surface area (Å²) < 4.78 is 5.40. The molecule has 0 aliphatic carbocycles. The van der Waals surface area contributed by atoms with Crippen LogP contribution in [0, 0.1) is 20.8 Å². The van der Waals surface area contributed by atoms with E-state index in [1.807, 2.05) is 45.0 Å². The molecule has 0 aliphatic heterocycles. The summed E-state index contributed by atoms with van der Waals surface area (Å²) in [5, 5.41) is 10.6. The summed E-state index contributed by atoms with van der Waals surface area (Å²) in [4.78, 5) is 4.29. The van der Waals surface area contributed by atoms with Crippen molar-refractivity contribution in [2.24, 2.45) is 0 Å². The molecule has 3 heteroatoms. The molecule has 1 aromatic carbocycles. The van der Waals surface area contributed by atoms with Crippen LogP contribution in [0.15, 0.2) is 30.5 Å². The molecule has 1 atom stereocenters. The summed E-state index contributed by atoms with van der Waals surface area (Å²) >= 11 is 0. The number of rotatable bonds is 3. The molecule has 19 heavy (non-hydrogen) atoms. The molecule has 0 amide bonds. The van der Waals surface area contributed by atoms with Crippen molar-refractivity contribution in [3.63, 3.8) is 0 Å². The van der Waals surface area contributed by atoms with Crippen LogP contribution >= 0.6 is 0 Å². The Morgan fingerprint density at radius 1 is 1.16 bits per heavy atom. The van der Waals surface area contributed by atoms with E-state index >= 15 is 0 Å². The van der Waals surface area contributed by atoms with Crippen LogP contribution in [-0.2, 0) is 0 Å². The van der Waals surface area contributed by atoms with Crippen molar-refractivity contribution in [1.82, 2.24) is 4.98 Å². The Morgan fingerprint density at radius 3 is 2.53 bits per heavy atom. The zero-order valence-corrected chi connectivity index (χ0v) is 11.8. The van der Waals surface area contributed by atoms with Crippen molar-refractivity contribution < 1.29 is 9.84 Å². The van der Waals surface area contributed by atoms with Crippen molar-refractivity contribution in [2.75, 3.05) is 7.11 Å². The zero-order valence-electron chi connectivity index (χ0n) is 11.8. The van der Waals surface area contributed by atoms with Crippen molar-refractivity contribution in [3.05, 3.63) is 58.4 Å². The van der Waals surface area contributed by atoms with Gasteiger partial charge in [-0.3, -0.25) is 4.98 Å². The maximum absolute atomic E-state index is 10.6. The first-order valence-electron chi connectivity index (χ1n) is 6.29. The number of aromatic nitrogens is 1. The molecule has 0 saturated carbocycles. The minimum Gasteiger partial charge on any atom is -0.496 e. The van der Waals surface area contributed by atoms with Gasteiger partial charge in [0.25, 0.3) is 0 Å². The average Bonchev–Trinajstić information content (AvgIpc) is 2.37. The van der Waals surface area contributed by atoms with Gasteiger partial charge in [0.05, 0.1) is 12.8 Å². The van der Waals surface area contributed by atoms with Gasteiger partial charge in [0.2, 0.25) is 0 Å². The van der Waals surface area contributed by atoms with Crippen LogP contribution < -0.4 is 4.74 Å². The van der Waals surface area contributed by atoms with Gasteiger partial charge in [-0.2, -0.15) is 0 Å². The molecule has 1 N–H and O–H groups in total. The van der Waals surface area contributed by atoms with Gasteiger partial charge in [-0.25, -0.2) is 0 Å². The third kappa shape index (κ3) is 2.61. The summed E-state index contributed by atoms with van der Waals surface area (Å²) in [6, 6.07) is 7.79. The zero-order chi connectivity index (χ0) is 14.0. The fraction of sp³-hybridized carbons (Fsp3) is 0.312. The van der Waals surface area contributed by atoms with Crippen LogP contribution in [0.5, 0.6) is 5.75 Å². The summed E-state index contributed by atoms with van der Waals surface area (Å²) in [5.41, 5.74) is 4.55. The molecule has 1 unspecified atom stereocenters. The number of hydrogen-bond acceptors (Lipinski definition) is 3. The van der Waals surface area contributed by atoms with E-state index in [1.165, 1.54) is 0 Å². The molecule has 2 aromatic rings. The van der Waals surface area contributed by atoms with Crippen molar-refractivity contribution in [1.29, 1.82) is 0 Å². The van der Waals surface area contributed by atoms with Crippen molar-refractivity contribution >= 4 is 0 Å². The lowest BCUT2D eigenvalue weighted by Gasteiger charge is -2.19. The molecule has 100 valence electrons. The first-order valence-corrected chi connectivity index (χ1v) is 6.29. The van der Waals surface area contributed by atoms with E-state index in [9.17, 15) is 5.11 Å². The van der Waals surface area contributed by atoms with Gasteiger partial charge in [0.15, 0.2) is 0 Å². The Kier molecular flexibility index (Phi) is 3.86. The van der Waals surface area contributed by atoms with Gasteiger partial charge in [-0.15, -0.1) is 0 Å². The van der Waals surface area contributed by atoms with E-state index < -0.39 is 6.10 Å². The molecule has 0 radical (unpaired) electrons. The fourth-order valence-electron chi connectivity index (χ4n) is 2.38. The minimum atomic E-state index is -0.767. The Morgan fingerprint density at radius 2 is 1.89 bits per heavy atom. The van der Waals surface area contributed by atoms with Gasteiger partial charge in [-0.05, 0) is 49.6 Å². The number of hydrogen-bond donors (Lipinski definition) is 1. The lowest BCUT2D eigenvalue weighted by atomic mass is 9.96. The largest absolute Gasteiger partial charge is 0.496 e. The maximum atomic E-state index is 10.6. The van der Waals surface area contributed by atoms with Crippen molar-refractivity contribution in [2.45, 2.75) is 26.9 Å². The second-order valence-electron chi connectivity index (χ2n) is 4.81. The standard InChI is InChI=1S/C16H19NO2/c1-10-8-12(3)14(13(9-10)19-4)16(18)15-11(2)6-5-7-17-15/h5-9,16,18H,1-4H3. The number of aliphatic hydroxyl groups is 1. The molecule has 3 nitrogen and oxygen atoms in total. The quantitative estimate of drug-likeness (QED) is 0.918. The van der Waals surface area contributed by atoms with Crippen LogP contribution in [0.3, 0.4) is 0 Å². The molecule has 0 spiro atoms. The summed E-state index contributed by atoms with van der Waals surface area (Å²) in [6.07, 6.45) is 0.929. The fourth-order valence-corrected chi connectivity index (χ4v) is 2.38. The third-order valence-corrected chi connectivity index (χ3v) is 3.30. The number of benzene rings is 1. The molecule has 0 fully saturated rings. The highest BCUT2D eigenvalue weighted by Crippen LogP contribution is 2.33. The lowest BCUT2D eigenvalue weighted by molar-refractivity contribution is 0.208. The minimum absolute atomic E-state index is 0.674. The predicted molar refractivity (Wildman–Crippen MR) is 75.5 cm³/mol. The first kappa shape index (κ1) is 13.6. The van der Waals surface area contributed by atoms with Gasteiger partial charge < -0.3 is 9.84 Å². The van der Waals surface area contributed by atoms with E-state index in [1.54, 1.807) is 13.3 Å². The Balaban J connectivity index is 2.56. The number of aliphatic hydroxyl groups excluding tert-OH is 1. The number of pyridine rings is 1. The number of aryl methyl sites for hydroxylation is 3. The SMILES string of the molecule is COc1cc(C)cc(C)c1C(O)c1ncccc1C. The highest BCUT2D eigenvalue weighted by atomic mass is 16.5. The first-order chi connectivity index (χ1) is 9.04. The number of nitrogens with zero attached hydrogens (tertiary/aromatic N) is 1. The molecule has 2 rings (SSSR count). The highest BCUT2D eigenvalue weighted by Gasteiger charge is 2.20. The molecule has 0 saturated heterocycles. The Bertz CT molecular complexity index is 593. The highest BCUT2D eigenvalue weighted by molar-refractivity contribution is 5.47. The van der Waals surface area contributed by atoms with Gasteiger partial charge in [0, 0.05) is 11.8 Å². The Labute approximate surface area is 113 Å². The second-order valence-corrected chi connectivity index (χ2v) is 4.81. The van der Waals surface area contributed by atoms with E-state index in [4.69, 9.17) is 4.74 Å². The maximum Gasteiger partial charge on any atom is 0.125 e. The van der Waals surface area contributed by atoms with Gasteiger partial charge in [0.1, 0.15) is 11.9 Å². The van der Waals surface area contributed by atoms with Crippen LogP contribution in [0.25, 0.3) is 0 Å². The van der Waals surface area contributed by atoms with Crippen molar-refractivity contribution in [3.8, 4) is 5.75 Å². The molecule has 0 aliphatic rings. The normalized spacial score (nSPS) is 12.3. The summed E-state index contributed by atoms with van der Waals surface area (Å²) in [5.74, 6) is 0.704. The molecule has 1 heterocycles. The molecular weight excluding hydrogens is 238 g/mol. The van der Waals surface area contributed by atoms with E-state index in [0.29, 0.717) is 11.4 Å². The number of ether oxygens (including phenoxy) is 1.